The smallest absolute Gasteiger partial charge is 0.312 e. The number of nitrogens with one attached hydrogen (secondary N) is 1. The number of hydrogen-bond acceptors (Lipinski definition) is 4. The van der Waals surface area contributed by atoms with Crippen molar-refractivity contribution < 1.29 is 13.2 Å². The summed E-state index contributed by atoms with van der Waals surface area (Å²) in [6.07, 6.45) is 0.676. The van der Waals surface area contributed by atoms with Crippen LogP contribution in [0, 0.1) is 17.2 Å². The van der Waals surface area contributed by atoms with Gasteiger partial charge in [0.25, 0.3) is 0 Å². The van der Waals surface area contributed by atoms with Crippen LogP contribution in [-0.2, 0) is 10.0 Å². The van der Waals surface area contributed by atoms with E-state index in [0.29, 0.717) is 31.6 Å². The molecule has 3 N–H and O–H groups in total. The number of primary amides is 1. The van der Waals surface area contributed by atoms with Crippen LogP contribution in [0.4, 0.5) is 4.79 Å². The maximum Gasteiger partial charge on any atom is 0.312 e. The molecule has 0 spiro atoms. The second-order valence-corrected chi connectivity index (χ2v) is 6.84. The lowest BCUT2D eigenvalue weighted by Gasteiger charge is -2.16. The number of benzene rings is 1. The largest absolute Gasteiger partial charge is 0.352 e. The highest BCUT2D eigenvalue weighted by molar-refractivity contribution is 7.89. The van der Waals surface area contributed by atoms with E-state index in [2.05, 4.69) is 5.32 Å². The summed E-state index contributed by atoms with van der Waals surface area (Å²) in [7, 11) is -3.56. The average molecular weight is 308 g/mol. The van der Waals surface area contributed by atoms with E-state index in [1.54, 1.807) is 0 Å². The maximum absolute atomic E-state index is 12.4. The Morgan fingerprint density at radius 2 is 2.10 bits per heavy atom. The monoisotopic (exact) mass is 308 g/mol. The van der Waals surface area contributed by atoms with Gasteiger partial charge in [-0.15, -0.1) is 0 Å². The number of nitrogens with zero attached hydrogens (tertiary/aromatic N) is 2. The van der Waals surface area contributed by atoms with E-state index in [1.807, 2.05) is 6.07 Å². The molecule has 1 heterocycles. The van der Waals surface area contributed by atoms with Gasteiger partial charge in [0.1, 0.15) is 0 Å². The van der Waals surface area contributed by atoms with Crippen molar-refractivity contribution in [1.29, 1.82) is 5.26 Å². The molecule has 1 atom stereocenters. The van der Waals surface area contributed by atoms with Crippen LogP contribution in [0.5, 0.6) is 0 Å². The van der Waals surface area contributed by atoms with E-state index in [4.69, 9.17) is 11.0 Å². The summed E-state index contributed by atoms with van der Waals surface area (Å²) < 4.78 is 26.3. The second kappa shape index (κ2) is 6.11. The number of hydrogen-bond donors (Lipinski definition) is 2. The highest BCUT2D eigenvalue weighted by Crippen LogP contribution is 2.24. The molecule has 0 aliphatic carbocycles. The average Bonchev–Trinajstić information content (AvgIpc) is 2.95. The fourth-order valence-electron chi connectivity index (χ4n) is 2.28. The van der Waals surface area contributed by atoms with Crippen LogP contribution in [0.15, 0.2) is 29.2 Å². The molecule has 0 radical (unpaired) electrons. The molecule has 1 aromatic carbocycles. The van der Waals surface area contributed by atoms with Gasteiger partial charge in [-0.2, -0.15) is 9.57 Å². The third kappa shape index (κ3) is 3.51. The molecule has 8 heteroatoms. The number of carbonyl (C=O) groups excluding carboxylic acids is 1. The molecule has 1 saturated heterocycles. The van der Waals surface area contributed by atoms with Crippen molar-refractivity contribution in [1.82, 2.24) is 9.62 Å². The van der Waals surface area contributed by atoms with Gasteiger partial charge in [0.2, 0.25) is 10.0 Å². The van der Waals surface area contributed by atoms with Crippen molar-refractivity contribution in [2.45, 2.75) is 11.3 Å². The van der Waals surface area contributed by atoms with Crippen LogP contribution >= 0.6 is 0 Å². The molecule has 7 nitrogen and oxygen atoms in total. The summed E-state index contributed by atoms with van der Waals surface area (Å²) in [5, 5.41) is 11.2. The summed E-state index contributed by atoms with van der Waals surface area (Å²) in [5.41, 5.74) is 5.42. The first-order valence-electron chi connectivity index (χ1n) is 6.47. The van der Waals surface area contributed by atoms with E-state index in [1.165, 1.54) is 28.6 Å². The van der Waals surface area contributed by atoms with Crippen LogP contribution in [-0.4, -0.2) is 38.4 Å². The Hall–Kier alpha value is -2.11. The minimum Gasteiger partial charge on any atom is -0.352 e. The zero-order chi connectivity index (χ0) is 15.5. The van der Waals surface area contributed by atoms with Crippen molar-refractivity contribution in [2.24, 2.45) is 11.7 Å². The molecule has 1 unspecified atom stereocenters. The molecule has 1 fully saturated rings. The van der Waals surface area contributed by atoms with E-state index in [-0.39, 0.29) is 10.8 Å². The Morgan fingerprint density at radius 1 is 1.43 bits per heavy atom. The van der Waals surface area contributed by atoms with Gasteiger partial charge in [-0.05, 0) is 36.6 Å². The van der Waals surface area contributed by atoms with Gasteiger partial charge in [0.15, 0.2) is 0 Å². The molecule has 21 heavy (non-hydrogen) atoms. The van der Waals surface area contributed by atoms with E-state index in [0.717, 1.165) is 0 Å². The molecular formula is C13H16N4O3S. The molecule has 2 amide bonds. The fourth-order valence-corrected chi connectivity index (χ4v) is 3.81. The number of urea groups is 1. The Morgan fingerprint density at radius 3 is 2.67 bits per heavy atom. The molecule has 0 bridgehead atoms. The molecule has 0 saturated carbocycles. The van der Waals surface area contributed by atoms with E-state index < -0.39 is 16.1 Å². The zero-order valence-corrected chi connectivity index (χ0v) is 12.1. The first-order valence-corrected chi connectivity index (χ1v) is 7.91. The lowest BCUT2D eigenvalue weighted by atomic mass is 10.1. The Labute approximate surface area is 123 Å². The van der Waals surface area contributed by atoms with Crippen LogP contribution < -0.4 is 11.1 Å². The SMILES string of the molecule is N#Cc1ccc(S(=O)(=O)N2CCC(CNC(N)=O)C2)cc1. The van der Waals surface area contributed by atoms with Crippen LogP contribution in [0.25, 0.3) is 0 Å². The van der Waals surface area contributed by atoms with Gasteiger partial charge in [0, 0.05) is 19.6 Å². The number of nitriles is 1. The number of rotatable bonds is 4. The van der Waals surface area contributed by atoms with E-state index in [9.17, 15) is 13.2 Å². The van der Waals surface area contributed by atoms with Crippen LogP contribution in [0.2, 0.25) is 0 Å². The Kier molecular flexibility index (Phi) is 4.45. The molecule has 1 aromatic rings. The van der Waals surface area contributed by atoms with Crippen molar-refractivity contribution in [3.05, 3.63) is 29.8 Å². The Bertz CT molecular complexity index is 664. The summed E-state index contributed by atoms with van der Waals surface area (Å²) in [5.74, 6) is 0.0608. The van der Waals surface area contributed by atoms with Crippen molar-refractivity contribution in [3.63, 3.8) is 0 Å². The molecule has 1 aliphatic heterocycles. The van der Waals surface area contributed by atoms with E-state index >= 15 is 0 Å². The Balaban J connectivity index is 2.07. The molecule has 1 aliphatic rings. The molecule has 112 valence electrons. The van der Waals surface area contributed by atoms with Crippen LogP contribution in [0.1, 0.15) is 12.0 Å². The summed E-state index contributed by atoms with van der Waals surface area (Å²) in [6.45, 7) is 1.13. The first kappa shape index (κ1) is 15.3. The van der Waals surface area contributed by atoms with Gasteiger partial charge in [0.05, 0.1) is 16.5 Å². The first-order chi connectivity index (χ1) is 9.93. The van der Waals surface area contributed by atoms with Crippen LogP contribution in [0.3, 0.4) is 0 Å². The number of nitrogens with two attached hydrogens (primary N) is 1. The van der Waals surface area contributed by atoms with Gasteiger partial charge < -0.3 is 11.1 Å². The predicted molar refractivity (Wildman–Crippen MR) is 75.6 cm³/mol. The highest BCUT2D eigenvalue weighted by Gasteiger charge is 2.32. The lowest BCUT2D eigenvalue weighted by molar-refractivity contribution is 0.247. The third-order valence-corrected chi connectivity index (χ3v) is 5.31. The van der Waals surface area contributed by atoms with Gasteiger partial charge in [-0.3, -0.25) is 0 Å². The van der Waals surface area contributed by atoms with Crippen molar-refractivity contribution in [3.8, 4) is 6.07 Å². The molecular weight excluding hydrogens is 292 g/mol. The summed E-state index contributed by atoms with van der Waals surface area (Å²) in [4.78, 5) is 10.8. The predicted octanol–water partition coefficient (Wildman–Crippen LogP) is 0.237. The standard InChI is InChI=1S/C13H16N4O3S/c14-7-10-1-3-12(4-2-10)21(19,20)17-6-5-11(9-17)8-16-13(15)18/h1-4,11H,5-6,8-9H2,(H3,15,16,18). The third-order valence-electron chi connectivity index (χ3n) is 3.43. The minimum absolute atomic E-state index is 0.0608. The molecule has 2 rings (SSSR count). The van der Waals surface area contributed by atoms with Crippen molar-refractivity contribution in [2.75, 3.05) is 19.6 Å². The summed E-state index contributed by atoms with van der Waals surface area (Å²) in [6, 6.07) is 7.17. The zero-order valence-electron chi connectivity index (χ0n) is 11.3. The van der Waals surface area contributed by atoms with Gasteiger partial charge in [-0.25, -0.2) is 13.2 Å². The van der Waals surface area contributed by atoms with Gasteiger partial charge in [-0.1, -0.05) is 0 Å². The van der Waals surface area contributed by atoms with Crippen molar-refractivity contribution >= 4 is 16.1 Å². The molecule has 0 aromatic heterocycles. The van der Waals surface area contributed by atoms with Gasteiger partial charge >= 0.3 is 6.03 Å². The highest BCUT2D eigenvalue weighted by atomic mass is 32.2. The fraction of sp³-hybridized carbons (Fsp3) is 0.385. The quantitative estimate of drug-likeness (QED) is 0.828. The second-order valence-electron chi connectivity index (χ2n) is 4.90. The number of amides is 2. The normalized spacial score (nSPS) is 19.1. The minimum atomic E-state index is -3.56. The number of sulfonamides is 1. The summed E-state index contributed by atoms with van der Waals surface area (Å²) >= 11 is 0. The topological polar surface area (TPSA) is 116 Å². The maximum atomic E-state index is 12.4. The number of carbonyl (C=O) groups is 1. The lowest BCUT2D eigenvalue weighted by Crippen LogP contribution is -2.35.